The molecule has 0 saturated heterocycles. The Morgan fingerprint density at radius 3 is 2.59 bits per heavy atom. The van der Waals surface area contributed by atoms with Gasteiger partial charge in [0.2, 0.25) is 5.88 Å². The number of halogens is 1. The van der Waals surface area contributed by atoms with E-state index in [4.69, 9.17) is 15.2 Å². The first kappa shape index (κ1) is 14.7. The molecule has 0 bridgehead atoms. The average molecular weight is 359 g/mol. The molecule has 3 rings (SSSR count). The monoisotopic (exact) mass is 358 g/mol. The van der Waals surface area contributed by atoms with Crippen molar-refractivity contribution in [3.8, 4) is 11.6 Å². The van der Waals surface area contributed by atoms with E-state index in [0.29, 0.717) is 23.7 Å². The number of nitrogens with two attached hydrogens (primary N) is 1. The molecule has 0 fully saturated rings. The minimum Gasteiger partial charge on any atom is -0.497 e. The average Bonchev–Trinajstić information content (AvgIpc) is 2.54. The molecule has 2 N–H and O–H groups in total. The lowest BCUT2D eigenvalue weighted by Crippen LogP contribution is -1.98. The molecule has 0 aliphatic heterocycles. The summed E-state index contributed by atoms with van der Waals surface area (Å²) in [7, 11) is 1.61. The predicted octanol–water partition coefficient (Wildman–Crippen LogP) is 4.17. The van der Waals surface area contributed by atoms with Crippen LogP contribution in [-0.2, 0) is 6.61 Å². The van der Waals surface area contributed by atoms with E-state index < -0.39 is 0 Å². The van der Waals surface area contributed by atoms with Gasteiger partial charge < -0.3 is 15.2 Å². The Labute approximate surface area is 137 Å². The van der Waals surface area contributed by atoms with Gasteiger partial charge in [-0.1, -0.05) is 28.1 Å². The molecular formula is C17H15BrN2O2. The second-order valence-corrected chi connectivity index (χ2v) is 5.77. The Morgan fingerprint density at radius 2 is 1.86 bits per heavy atom. The summed E-state index contributed by atoms with van der Waals surface area (Å²) in [6.07, 6.45) is 0. The molecule has 0 aliphatic carbocycles. The van der Waals surface area contributed by atoms with Gasteiger partial charge >= 0.3 is 0 Å². The third kappa shape index (κ3) is 3.14. The number of methoxy groups -OCH3 is 1. The Balaban J connectivity index is 1.82. The van der Waals surface area contributed by atoms with Crippen molar-refractivity contribution in [2.45, 2.75) is 6.61 Å². The van der Waals surface area contributed by atoms with Crippen molar-refractivity contribution in [3.05, 3.63) is 58.6 Å². The number of nitrogen functional groups attached to an aromatic ring is 1. The lowest BCUT2D eigenvalue weighted by atomic mass is 10.2. The number of ether oxygens (including phenoxy) is 2. The van der Waals surface area contributed by atoms with Crippen LogP contribution in [0.4, 0.5) is 5.69 Å². The first-order chi connectivity index (χ1) is 10.7. The maximum atomic E-state index is 6.02. The van der Waals surface area contributed by atoms with Crippen LogP contribution < -0.4 is 15.2 Å². The lowest BCUT2D eigenvalue weighted by Gasteiger charge is -2.09. The predicted molar refractivity (Wildman–Crippen MR) is 91.2 cm³/mol. The van der Waals surface area contributed by atoms with Crippen molar-refractivity contribution >= 4 is 32.5 Å². The van der Waals surface area contributed by atoms with Crippen molar-refractivity contribution in [1.82, 2.24) is 4.98 Å². The van der Waals surface area contributed by atoms with Crippen LogP contribution in [0.25, 0.3) is 10.9 Å². The van der Waals surface area contributed by atoms with Gasteiger partial charge in [0.15, 0.2) is 0 Å². The number of rotatable bonds is 4. The summed E-state index contributed by atoms with van der Waals surface area (Å²) in [5.74, 6) is 1.27. The number of pyridine rings is 1. The first-order valence-electron chi connectivity index (χ1n) is 6.77. The summed E-state index contributed by atoms with van der Waals surface area (Å²) >= 11 is 3.41. The molecule has 1 heterocycles. The molecule has 1 aromatic heterocycles. The van der Waals surface area contributed by atoms with E-state index >= 15 is 0 Å². The quantitative estimate of drug-likeness (QED) is 0.711. The van der Waals surface area contributed by atoms with Gasteiger partial charge in [-0.05, 0) is 29.8 Å². The fourth-order valence-corrected chi connectivity index (χ4v) is 2.42. The van der Waals surface area contributed by atoms with Crippen molar-refractivity contribution in [2.24, 2.45) is 0 Å². The number of fused-ring (bicyclic) bond motifs is 1. The molecule has 0 radical (unpaired) electrons. The van der Waals surface area contributed by atoms with Crippen LogP contribution >= 0.6 is 15.9 Å². The van der Waals surface area contributed by atoms with Crippen LogP contribution in [0.2, 0.25) is 0 Å². The SMILES string of the molecule is COc1cc(N)c2nc(OCc3ccc(Br)cc3)ccc2c1. The van der Waals surface area contributed by atoms with Crippen molar-refractivity contribution in [2.75, 3.05) is 12.8 Å². The summed E-state index contributed by atoms with van der Waals surface area (Å²) in [4.78, 5) is 4.47. The van der Waals surface area contributed by atoms with Crippen molar-refractivity contribution < 1.29 is 9.47 Å². The number of hydrogen-bond donors (Lipinski definition) is 1. The normalized spacial score (nSPS) is 10.6. The molecule has 22 heavy (non-hydrogen) atoms. The van der Waals surface area contributed by atoms with Gasteiger partial charge in [-0.3, -0.25) is 0 Å². The maximum absolute atomic E-state index is 6.02. The smallest absolute Gasteiger partial charge is 0.214 e. The maximum Gasteiger partial charge on any atom is 0.214 e. The fraction of sp³-hybridized carbons (Fsp3) is 0.118. The van der Waals surface area contributed by atoms with Gasteiger partial charge in [-0.2, -0.15) is 0 Å². The van der Waals surface area contributed by atoms with Gasteiger partial charge in [0.25, 0.3) is 0 Å². The van der Waals surface area contributed by atoms with E-state index in [9.17, 15) is 0 Å². The molecule has 3 aromatic rings. The highest BCUT2D eigenvalue weighted by Gasteiger charge is 2.06. The second kappa shape index (κ2) is 6.23. The van der Waals surface area contributed by atoms with Gasteiger partial charge in [-0.15, -0.1) is 0 Å². The van der Waals surface area contributed by atoms with Crippen molar-refractivity contribution in [3.63, 3.8) is 0 Å². The largest absolute Gasteiger partial charge is 0.497 e. The Morgan fingerprint density at radius 1 is 1.09 bits per heavy atom. The summed E-state index contributed by atoms with van der Waals surface area (Å²) in [6.45, 7) is 0.460. The lowest BCUT2D eigenvalue weighted by molar-refractivity contribution is 0.295. The van der Waals surface area contributed by atoms with Crippen LogP contribution in [0.5, 0.6) is 11.6 Å². The molecule has 0 amide bonds. The Kier molecular flexibility index (Phi) is 4.15. The van der Waals surface area contributed by atoms with E-state index in [2.05, 4.69) is 20.9 Å². The van der Waals surface area contributed by atoms with Crippen LogP contribution in [0, 0.1) is 0 Å². The molecule has 4 nitrogen and oxygen atoms in total. The second-order valence-electron chi connectivity index (χ2n) is 4.85. The molecule has 0 atom stereocenters. The van der Waals surface area contributed by atoms with Gasteiger partial charge in [0.05, 0.1) is 18.3 Å². The van der Waals surface area contributed by atoms with Crippen LogP contribution in [0.15, 0.2) is 53.0 Å². The summed E-state index contributed by atoms with van der Waals surface area (Å²) in [5, 5.41) is 0.924. The third-order valence-electron chi connectivity index (χ3n) is 3.31. The molecule has 5 heteroatoms. The molecule has 0 aliphatic rings. The van der Waals surface area contributed by atoms with Gasteiger partial charge in [-0.25, -0.2) is 4.98 Å². The van der Waals surface area contributed by atoms with Crippen LogP contribution in [0.1, 0.15) is 5.56 Å². The molecule has 0 unspecified atom stereocenters. The summed E-state index contributed by atoms with van der Waals surface area (Å²) in [6, 6.07) is 15.4. The minimum atomic E-state index is 0.460. The Bertz CT molecular complexity index is 804. The zero-order valence-corrected chi connectivity index (χ0v) is 13.6. The number of aromatic nitrogens is 1. The zero-order valence-electron chi connectivity index (χ0n) is 12.0. The topological polar surface area (TPSA) is 57.4 Å². The highest BCUT2D eigenvalue weighted by molar-refractivity contribution is 9.10. The van der Waals surface area contributed by atoms with E-state index in [1.165, 1.54) is 0 Å². The minimum absolute atomic E-state index is 0.460. The van der Waals surface area contributed by atoms with E-state index in [1.807, 2.05) is 42.5 Å². The Hall–Kier alpha value is -2.27. The standard InChI is InChI=1S/C17H15BrN2O2/c1-21-14-8-12-4-7-16(20-17(12)15(19)9-14)22-10-11-2-5-13(18)6-3-11/h2-9H,10,19H2,1H3. The van der Waals surface area contributed by atoms with E-state index in [1.54, 1.807) is 13.2 Å². The summed E-state index contributed by atoms with van der Waals surface area (Å²) in [5.41, 5.74) is 8.39. The number of nitrogens with zero attached hydrogens (tertiary/aromatic N) is 1. The first-order valence-corrected chi connectivity index (χ1v) is 7.56. The highest BCUT2D eigenvalue weighted by Crippen LogP contribution is 2.27. The molecule has 112 valence electrons. The van der Waals surface area contributed by atoms with Gasteiger partial charge in [0.1, 0.15) is 12.4 Å². The molecular weight excluding hydrogens is 344 g/mol. The highest BCUT2D eigenvalue weighted by atomic mass is 79.9. The molecule has 0 spiro atoms. The third-order valence-corrected chi connectivity index (χ3v) is 3.83. The van der Waals surface area contributed by atoms with E-state index in [-0.39, 0.29) is 0 Å². The number of benzene rings is 2. The van der Waals surface area contributed by atoms with Gasteiger partial charge in [0, 0.05) is 22.0 Å². The van der Waals surface area contributed by atoms with E-state index in [0.717, 1.165) is 21.2 Å². The number of anilines is 1. The fourth-order valence-electron chi connectivity index (χ4n) is 2.15. The van der Waals surface area contributed by atoms with Crippen LogP contribution in [0.3, 0.4) is 0 Å². The molecule has 0 saturated carbocycles. The number of hydrogen-bond acceptors (Lipinski definition) is 4. The zero-order chi connectivity index (χ0) is 15.5. The van der Waals surface area contributed by atoms with Crippen LogP contribution in [-0.4, -0.2) is 12.1 Å². The molecule has 2 aromatic carbocycles. The summed E-state index contributed by atoms with van der Waals surface area (Å²) < 4.78 is 12.0. The van der Waals surface area contributed by atoms with Crippen molar-refractivity contribution in [1.29, 1.82) is 0 Å².